The van der Waals surface area contributed by atoms with Crippen molar-refractivity contribution in [3.8, 4) is 6.07 Å². The molecule has 0 unspecified atom stereocenters. The number of carbonyl (C=O) groups excluding carboxylic acids is 1. The van der Waals surface area contributed by atoms with Gasteiger partial charge in [0.15, 0.2) is 5.76 Å². The van der Waals surface area contributed by atoms with Crippen LogP contribution in [-0.4, -0.2) is 35.6 Å². The Kier molecular flexibility index (Phi) is 5.64. The van der Waals surface area contributed by atoms with E-state index in [1.54, 1.807) is 18.2 Å². The summed E-state index contributed by atoms with van der Waals surface area (Å²) in [5.41, 5.74) is 1.01. The maximum absolute atomic E-state index is 14.2. The lowest BCUT2D eigenvalue weighted by Crippen LogP contribution is -2.41. The molecule has 1 atom stereocenters. The van der Waals surface area contributed by atoms with E-state index in [1.165, 1.54) is 11.0 Å². The number of rotatable bonds is 6. The molecule has 3 rings (SSSR count). The van der Waals surface area contributed by atoms with Crippen molar-refractivity contribution in [2.24, 2.45) is 0 Å². The zero-order chi connectivity index (χ0) is 18.5. The quantitative estimate of drug-likeness (QED) is 0.795. The van der Waals surface area contributed by atoms with Crippen LogP contribution in [0.15, 0.2) is 34.9 Å². The molecule has 1 amide bonds. The predicted octanol–water partition coefficient (Wildman–Crippen LogP) is 3.21. The van der Waals surface area contributed by atoms with E-state index < -0.39 is 5.82 Å². The summed E-state index contributed by atoms with van der Waals surface area (Å²) in [4.78, 5) is 16.3. The van der Waals surface area contributed by atoms with Gasteiger partial charge in [-0.3, -0.25) is 9.69 Å². The molecule has 2 aromatic rings. The number of anilines is 1. The number of para-hydroxylation sites is 1. The Morgan fingerprint density at radius 1 is 1.50 bits per heavy atom. The van der Waals surface area contributed by atoms with Gasteiger partial charge in [-0.15, -0.1) is 0 Å². The number of benzene rings is 1. The third-order valence-corrected chi connectivity index (χ3v) is 4.57. The van der Waals surface area contributed by atoms with Crippen molar-refractivity contribution in [2.75, 3.05) is 24.5 Å². The third kappa shape index (κ3) is 3.92. The number of halogens is 1. The lowest BCUT2D eigenvalue weighted by Gasteiger charge is -2.27. The molecule has 26 heavy (non-hydrogen) atoms. The van der Waals surface area contributed by atoms with Gasteiger partial charge in [0.05, 0.1) is 36.5 Å². The second-order valence-corrected chi connectivity index (χ2v) is 6.40. The summed E-state index contributed by atoms with van der Waals surface area (Å²) >= 11 is 0. The first-order valence-electron chi connectivity index (χ1n) is 8.69. The summed E-state index contributed by atoms with van der Waals surface area (Å²) < 4.78 is 19.5. The minimum Gasteiger partial charge on any atom is -0.359 e. The first kappa shape index (κ1) is 18.1. The van der Waals surface area contributed by atoms with E-state index in [4.69, 9.17) is 9.78 Å². The predicted molar refractivity (Wildman–Crippen MR) is 93.8 cm³/mol. The second kappa shape index (κ2) is 8.11. The Labute approximate surface area is 151 Å². The molecule has 0 spiro atoms. The van der Waals surface area contributed by atoms with Crippen LogP contribution in [0.4, 0.5) is 10.1 Å². The molecule has 1 fully saturated rings. The maximum Gasteiger partial charge on any atom is 0.241 e. The average Bonchev–Trinajstić information content (AvgIpc) is 3.25. The fourth-order valence-electron chi connectivity index (χ4n) is 3.35. The van der Waals surface area contributed by atoms with E-state index in [9.17, 15) is 9.18 Å². The first-order chi connectivity index (χ1) is 12.6. The number of hydrogen-bond acceptors (Lipinski definition) is 5. The van der Waals surface area contributed by atoms with E-state index >= 15 is 0 Å². The van der Waals surface area contributed by atoms with Crippen molar-refractivity contribution < 1.29 is 13.7 Å². The molecule has 2 heterocycles. The molecule has 0 radical (unpaired) electrons. The lowest BCUT2D eigenvalue weighted by molar-refractivity contribution is -0.120. The van der Waals surface area contributed by atoms with Crippen molar-refractivity contribution >= 4 is 11.6 Å². The summed E-state index contributed by atoms with van der Waals surface area (Å²) in [6, 6.07) is 10.0. The fourth-order valence-corrected chi connectivity index (χ4v) is 3.35. The van der Waals surface area contributed by atoms with Crippen LogP contribution in [0, 0.1) is 24.1 Å². The van der Waals surface area contributed by atoms with Gasteiger partial charge in [-0.05, 0) is 38.4 Å². The summed E-state index contributed by atoms with van der Waals surface area (Å²) in [6.07, 6.45) is 1.99. The Morgan fingerprint density at radius 3 is 3.00 bits per heavy atom. The molecule has 1 aromatic carbocycles. The van der Waals surface area contributed by atoms with Crippen molar-refractivity contribution in [3.05, 3.63) is 47.6 Å². The molecule has 136 valence electrons. The first-order valence-corrected chi connectivity index (χ1v) is 8.69. The molecule has 1 aliphatic rings. The van der Waals surface area contributed by atoms with E-state index in [0.717, 1.165) is 30.8 Å². The molecule has 0 saturated carbocycles. The molecule has 0 bridgehead atoms. The molecule has 0 aliphatic carbocycles. The molecular formula is C19H21FN4O2. The normalized spacial score (nSPS) is 17.2. The number of nitrogens with zero attached hydrogens (tertiary/aromatic N) is 4. The van der Waals surface area contributed by atoms with Crippen molar-refractivity contribution in [2.45, 2.75) is 32.2 Å². The summed E-state index contributed by atoms with van der Waals surface area (Å²) in [6.45, 7) is 2.93. The number of aryl methyl sites for hydroxylation is 1. The van der Waals surface area contributed by atoms with E-state index in [1.807, 2.05) is 24.0 Å². The Hall–Kier alpha value is -2.72. The highest BCUT2D eigenvalue weighted by molar-refractivity contribution is 5.95. The van der Waals surface area contributed by atoms with Gasteiger partial charge in [-0.1, -0.05) is 17.3 Å². The molecule has 1 aliphatic heterocycles. The second-order valence-electron chi connectivity index (χ2n) is 6.40. The van der Waals surface area contributed by atoms with Gasteiger partial charge < -0.3 is 9.42 Å². The van der Waals surface area contributed by atoms with Crippen LogP contribution in [0.3, 0.4) is 0 Å². The summed E-state index contributed by atoms with van der Waals surface area (Å²) in [5.74, 6) is 0.0541. The highest BCUT2D eigenvalue weighted by atomic mass is 19.1. The number of carbonyl (C=O) groups is 1. The molecule has 0 N–H and O–H groups in total. The Morgan fingerprint density at radius 2 is 2.31 bits per heavy atom. The van der Waals surface area contributed by atoms with E-state index in [-0.39, 0.29) is 37.1 Å². The zero-order valence-corrected chi connectivity index (χ0v) is 14.7. The molecule has 7 heteroatoms. The van der Waals surface area contributed by atoms with Gasteiger partial charge in [0.2, 0.25) is 5.91 Å². The van der Waals surface area contributed by atoms with Gasteiger partial charge >= 0.3 is 0 Å². The summed E-state index contributed by atoms with van der Waals surface area (Å²) in [5, 5.41) is 12.8. The van der Waals surface area contributed by atoms with Crippen LogP contribution in [-0.2, 0) is 4.79 Å². The smallest absolute Gasteiger partial charge is 0.241 e. The average molecular weight is 356 g/mol. The minimum atomic E-state index is -0.470. The van der Waals surface area contributed by atoms with Crippen molar-refractivity contribution in [1.29, 1.82) is 5.26 Å². The van der Waals surface area contributed by atoms with Crippen molar-refractivity contribution in [3.63, 3.8) is 0 Å². The Bertz CT molecular complexity index is 814. The largest absolute Gasteiger partial charge is 0.359 e. The monoisotopic (exact) mass is 356 g/mol. The number of amides is 1. The molecule has 1 saturated heterocycles. The molecule has 1 aromatic heterocycles. The topological polar surface area (TPSA) is 73.4 Å². The lowest BCUT2D eigenvalue weighted by atomic mass is 10.1. The highest BCUT2D eigenvalue weighted by Crippen LogP contribution is 2.32. The van der Waals surface area contributed by atoms with Gasteiger partial charge in [-0.2, -0.15) is 5.26 Å². The number of nitriles is 1. The minimum absolute atomic E-state index is 0.00131. The number of likely N-dealkylation sites (tertiary alicyclic amines) is 1. The molecule has 6 nitrogen and oxygen atoms in total. The fraction of sp³-hybridized carbons (Fsp3) is 0.421. The van der Waals surface area contributed by atoms with Crippen LogP contribution in [0.2, 0.25) is 0 Å². The van der Waals surface area contributed by atoms with Gasteiger partial charge in [-0.25, -0.2) is 4.39 Å². The third-order valence-electron chi connectivity index (χ3n) is 4.57. The number of aromatic nitrogens is 1. The van der Waals surface area contributed by atoms with Crippen molar-refractivity contribution in [1.82, 2.24) is 10.1 Å². The maximum atomic E-state index is 14.2. The van der Waals surface area contributed by atoms with Gasteiger partial charge in [0, 0.05) is 12.6 Å². The van der Waals surface area contributed by atoms with E-state index in [2.05, 4.69) is 5.16 Å². The number of hydrogen-bond donors (Lipinski definition) is 0. The highest BCUT2D eigenvalue weighted by Gasteiger charge is 2.32. The van der Waals surface area contributed by atoms with Gasteiger partial charge in [0.1, 0.15) is 5.82 Å². The van der Waals surface area contributed by atoms with Gasteiger partial charge in [0.25, 0.3) is 0 Å². The Balaban J connectivity index is 1.77. The zero-order valence-electron chi connectivity index (χ0n) is 14.7. The standard InChI is InChI=1S/C19H21FN4O2/c1-14-12-18(26-22-14)17-8-4-10-23(17)13-19(25)24(11-5-9-21)16-7-3-2-6-15(16)20/h2-3,6-7,12,17H,4-5,8,10-11,13H2,1H3/t17-/m1/s1. The van der Waals surface area contributed by atoms with Crippen LogP contribution in [0.5, 0.6) is 0 Å². The molecular weight excluding hydrogens is 335 g/mol. The van der Waals surface area contributed by atoms with Crippen LogP contribution in [0.25, 0.3) is 0 Å². The van der Waals surface area contributed by atoms with Crippen LogP contribution >= 0.6 is 0 Å². The SMILES string of the molecule is Cc1cc([C@H]2CCCN2CC(=O)N(CCC#N)c2ccccc2F)on1. The summed E-state index contributed by atoms with van der Waals surface area (Å²) in [7, 11) is 0. The van der Waals surface area contributed by atoms with E-state index in [0.29, 0.717) is 0 Å². The van der Waals surface area contributed by atoms with Crippen LogP contribution in [0.1, 0.15) is 36.8 Å². The van der Waals surface area contributed by atoms with Crippen LogP contribution < -0.4 is 4.90 Å².